The standard InChI is InChI=1S/C21H27O2P/c1-4-5-12-17-21(2,3)20(22)24(23,18-13-8-6-9-14-18)19-15-10-7-11-16-19/h6-11,13-16H,4-5,12,17H2,1-3H3. The monoisotopic (exact) mass is 342 g/mol. The molecule has 0 saturated heterocycles. The predicted octanol–water partition coefficient (Wildman–Crippen LogP) is 5.13. The molecule has 24 heavy (non-hydrogen) atoms. The number of rotatable bonds is 8. The molecular weight excluding hydrogens is 315 g/mol. The molecule has 0 aliphatic rings. The average molecular weight is 342 g/mol. The normalized spacial score (nSPS) is 12.1. The Hall–Kier alpha value is -1.66. The van der Waals surface area contributed by atoms with Gasteiger partial charge in [0.2, 0.25) is 12.7 Å². The summed E-state index contributed by atoms with van der Waals surface area (Å²) in [4.78, 5) is 13.4. The van der Waals surface area contributed by atoms with E-state index in [4.69, 9.17) is 0 Å². The fourth-order valence-corrected chi connectivity index (χ4v) is 5.92. The molecule has 0 heterocycles. The van der Waals surface area contributed by atoms with Crippen LogP contribution >= 0.6 is 7.14 Å². The van der Waals surface area contributed by atoms with E-state index in [-0.39, 0.29) is 5.52 Å². The molecule has 0 radical (unpaired) electrons. The summed E-state index contributed by atoms with van der Waals surface area (Å²) < 4.78 is 14.0. The van der Waals surface area contributed by atoms with E-state index >= 15 is 0 Å². The maximum absolute atomic E-state index is 14.0. The van der Waals surface area contributed by atoms with Gasteiger partial charge >= 0.3 is 0 Å². The highest BCUT2D eigenvalue weighted by molar-refractivity contribution is 7.93. The molecule has 128 valence electrons. The number of benzene rings is 2. The molecule has 0 aliphatic carbocycles. The SMILES string of the molecule is CCCCCC(C)(C)C(=O)P(=O)(c1ccccc1)c1ccccc1. The van der Waals surface area contributed by atoms with Gasteiger partial charge in [0.05, 0.1) is 0 Å². The third-order valence-electron chi connectivity index (χ3n) is 4.51. The van der Waals surface area contributed by atoms with Crippen molar-refractivity contribution in [3.05, 3.63) is 60.7 Å². The summed E-state index contributed by atoms with van der Waals surface area (Å²) in [5.74, 6) is 0. The van der Waals surface area contributed by atoms with Crippen LogP contribution in [-0.2, 0) is 9.36 Å². The molecule has 2 nitrogen and oxygen atoms in total. The highest BCUT2D eigenvalue weighted by Crippen LogP contribution is 2.51. The molecule has 0 atom stereocenters. The van der Waals surface area contributed by atoms with Crippen LogP contribution < -0.4 is 10.6 Å². The number of unbranched alkanes of at least 4 members (excludes halogenated alkanes) is 2. The number of carbonyl (C=O) groups is 1. The maximum atomic E-state index is 14.0. The van der Waals surface area contributed by atoms with Crippen molar-refractivity contribution in [1.29, 1.82) is 0 Å². The molecule has 0 unspecified atom stereocenters. The highest BCUT2D eigenvalue weighted by atomic mass is 31.2. The van der Waals surface area contributed by atoms with Crippen LogP contribution in [0.3, 0.4) is 0 Å². The minimum absolute atomic E-state index is 0.136. The van der Waals surface area contributed by atoms with E-state index in [9.17, 15) is 9.36 Å². The van der Waals surface area contributed by atoms with Gasteiger partial charge in [-0.3, -0.25) is 4.79 Å². The van der Waals surface area contributed by atoms with Gasteiger partial charge in [0.1, 0.15) is 0 Å². The van der Waals surface area contributed by atoms with Crippen molar-refractivity contribution in [3.8, 4) is 0 Å². The molecular formula is C21H27O2P. The van der Waals surface area contributed by atoms with Crippen LogP contribution in [0.1, 0.15) is 46.5 Å². The second-order valence-electron chi connectivity index (χ2n) is 6.93. The van der Waals surface area contributed by atoms with Crippen molar-refractivity contribution in [2.75, 3.05) is 0 Å². The number of carbonyl (C=O) groups excluding carboxylic acids is 1. The molecule has 2 aromatic rings. The second-order valence-corrected chi connectivity index (χ2v) is 9.58. The maximum Gasteiger partial charge on any atom is 0.205 e. The Labute approximate surface area is 145 Å². The smallest absolute Gasteiger partial charge is 0.205 e. The number of hydrogen-bond donors (Lipinski definition) is 0. The Balaban J connectivity index is 2.48. The molecule has 2 rings (SSSR count). The minimum Gasteiger partial charge on any atom is -0.306 e. The fraction of sp³-hybridized carbons (Fsp3) is 0.381. The van der Waals surface area contributed by atoms with Gasteiger partial charge in [-0.15, -0.1) is 0 Å². The van der Waals surface area contributed by atoms with Crippen molar-refractivity contribution in [1.82, 2.24) is 0 Å². The van der Waals surface area contributed by atoms with Gasteiger partial charge in [-0.1, -0.05) is 101 Å². The van der Waals surface area contributed by atoms with Crippen LogP contribution in [0.15, 0.2) is 60.7 Å². The van der Waals surface area contributed by atoms with Gasteiger partial charge in [-0.25, -0.2) is 0 Å². The van der Waals surface area contributed by atoms with Crippen molar-refractivity contribution in [2.45, 2.75) is 46.5 Å². The third-order valence-corrected chi connectivity index (χ3v) is 7.74. The summed E-state index contributed by atoms with van der Waals surface area (Å²) in [5, 5.41) is 1.26. The molecule has 0 spiro atoms. The van der Waals surface area contributed by atoms with E-state index in [1.165, 1.54) is 0 Å². The average Bonchev–Trinajstić information content (AvgIpc) is 2.62. The van der Waals surface area contributed by atoms with E-state index in [0.717, 1.165) is 25.7 Å². The van der Waals surface area contributed by atoms with E-state index in [2.05, 4.69) is 6.92 Å². The van der Waals surface area contributed by atoms with Crippen LogP contribution in [0, 0.1) is 5.41 Å². The highest BCUT2D eigenvalue weighted by Gasteiger charge is 2.43. The van der Waals surface area contributed by atoms with Gasteiger partial charge in [-0.2, -0.15) is 0 Å². The fourth-order valence-electron chi connectivity index (χ4n) is 3.01. The summed E-state index contributed by atoms with van der Waals surface area (Å²) in [5.41, 5.74) is -0.736. The summed E-state index contributed by atoms with van der Waals surface area (Å²) in [6, 6.07) is 18.4. The topological polar surface area (TPSA) is 34.1 Å². The molecule has 0 aliphatic heterocycles. The Morgan fingerprint density at radius 2 is 1.33 bits per heavy atom. The third kappa shape index (κ3) is 3.87. The molecule has 0 bridgehead atoms. The van der Waals surface area contributed by atoms with Gasteiger partial charge in [0, 0.05) is 16.0 Å². The van der Waals surface area contributed by atoms with E-state index < -0.39 is 12.6 Å². The van der Waals surface area contributed by atoms with Crippen molar-refractivity contribution >= 4 is 23.3 Å². The van der Waals surface area contributed by atoms with Crippen molar-refractivity contribution < 1.29 is 9.36 Å². The zero-order chi connectivity index (χ0) is 17.6. The molecule has 0 amide bonds. The zero-order valence-corrected chi connectivity index (χ0v) is 15.8. The molecule has 0 N–H and O–H groups in total. The predicted molar refractivity (Wildman–Crippen MR) is 103 cm³/mol. The second kappa shape index (κ2) is 7.94. The first-order valence-electron chi connectivity index (χ1n) is 8.69. The van der Waals surface area contributed by atoms with E-state index in [0.29, 0.717) is 10.6 Å². The van der Waals surface area contributed by atoms with Crippen LogP contribution in [0.2, 0.25) is 0 Å². The molecule has 2 aromatic carbocycles. The Morgan fingerprint density at radius 3 is 1.75 bits per heavy atom. The van der Waals surface area contributed by atoms with Crippen LogP contribution in [0.5, 0.6) is 0 Å². The van der Waals surface area contributed by atoms with Crippen LogP contribution in [0.25, 0.3) is 0 Å². The summed E-state index contributed by atoms with van der Waals surface area (Å²) in [7, 11) is -3.32. The lowest BCUT2D eigenvalue weighted by molar-refractivity contribution is -0.119. The first-order valence-corrected chi connectivity index (χ1v) is 10.4. The Kier molecular flexibility index (Phi) is 6.18. The van der Waals surface area contributed by atoms with Crippen molar-refractivity contribution in [3.63, 3.8) is 0 Å². The molecule has 0 aromatic heterocycles. The van der Waals surface area contributed by atoms with Gasteiger partial charge in [0.15, 0.2) is 0 Å². The lowest BCUT2D eigenvalue weighted by Crippen LogP contribution is -2.32. The van der Waals surface area contributed by atoms with E-state index in [1.807, 2.05) is 74.5 Å². The van der Waals surface area contributed by atoms with Gasteiger partial charge < -0.3 is 4.57 Å². The number of hydrogen-bond acceptors (Lipinski definition) is 2. The first kappa shape index (κ1) is 18.7. The lowest BCUT2D eigenvalue weighted by atomic mass is 9.88. The van der Waals surface area contributed by atoms with Gasteiger partial charge in [-0.05, 0) is 6.42 Å². The Bertz CT molecular complexity index is 662. The van der Waals surface area contributed by atoms with Crippen LogP contribution in [0.4, 0.5) is 0 Å². The first-order chi connectivity index (χ1) is 11.4. The summed E-state index contributed by atoms with van der Waals surface area (Å²) in [6.45, 7) is 6.01. The quantitative estimate of drug-likeness (QED) is 0.492. The Morgan fingerprint density at radius 1 is 0.875 bits per heavy atom. The minimum atomic E-state index is -3.32. The van der Waals surface area contributed by atoms with Gasteiger partial charge in [0.25, 0.3) is 0 Å². The largest absolute Gasteiger partial charge is 0.306 e. The van der Waals surface area contributed by atoms with E-state index in [1.54, 1.807) is 0 Å². The molecule has 0 fully saturated rings. The molecule has 0 saturated carbocycles. The lowest BCUT2D eigenvalue weighted by Gasteiger charge is -2.29. The zero-order valence-electron chi connectivity index (χ0n) is 14.9. The van der Waals surface area contributed by atoms with Crippen molar-refractivity contribution in [2.24, 2.45) is 5.41 Å². The summed E-state index contributed by atoms with van der Waals surface area (Å²) in [6.07, 6.45) is 3.96. The molecule has 3 heteroatoms. The van der Waals surface area contributed by atoms with Crippen LogP contribution in [-0.4, -0.2) is 5.52 Å². The summed E-state index contributed by atoms with van der Waals surface area (Å²) >= 11 is 0.